The molecule has 2 heterocycles. The standard InChI is InChI=1S/C22H29NO4/c1-4-5-8-15-14(2)18(24)21(3,19(15)25)13-23-17-10-7-6-9-16(17)22(26)11-12-27-20(22)23/h6-7,9-10,19-20,25-26H,4-5,8,11-13H2,1-3H3/t19-,20-,21+,22+/m0/s1. The van der Waals surface area contributed by atoms with Gasteiger partial charge in [-0.2, -0.15) is 0 Å². The number of carbonyl (C=O) groups excluding carboxylic acids is 1. The van der Waals surface area contributed by atoms with Gasteiger partial charge in [-0.05, 0) is 43.9 Å². The molecule has 0 unspecified atom stereocenters. The fourth-order valence-corrected chi connectivity index (χ4v) is 5.08. The van der Waals surface area contributed by atoms with Crippen molar-refractivity contribution in [1.29, 1.82) is 0 Å². The summed E-state index contributed by atoms with van der Waals surface area (Å²) in [6, 6.07) is 7.74. The van der Waals surface area contributed by atoms with Gasteiger partial charge < -0.3 is 19.8 Å². The van der Waals surface area contributed by atoms with Gasteiger partial charge in [0.25, 0.3) is 0 Å². The average Bonchev–Trinajstić information content (AvgIpc) is 3.20. The van der Waals surface area contributed by atoms with Gasteiger partial charge in [0.15, 0.2) is 12.0 Å². The Hall–Kier alpha value is -1.69. The van der Waals surface area contributed by atoms with E-state index in [9.17, 15) is 15.0 Å². The molecule has 1 saturated heterocycles. The number of nitrogens with zero attached hydrogens (tertiary/aromatic N) is 1. The molecule has 5 heteroatoms. The van der Waals surface area contributed by atoms with E-state index in [1.165, 1.54) is 0 Å². The summed E-state index contributed by atoms with van der Waals surface area (Å²) in [7, 11) is 0. The van der Waals surface area contributed by atoms with E-state index in [2.05, 4.69) is 6.92 Å². The van der Waals surface area contributed by atoms with Crippen molar-refractivity contribution in [2.75, 3.05) is 18.1 Å². The van der Waals surface area contributed by atoms with Crippen LogP contribution in [0.2, 0.25) is 0 Å². The first-order chi connectivity index (χ1) is 12.8. The molecule has 0 spiro atoms. The highest BCUT2D eigenvalue weighted by atomic mass is 16.5. The second-order valence-corrected chi connectivity index (χ2v) is 8.45. The Morgan fingerprint density at radius 3 is 2.81 bits per heavy atom. The van der Waals surface area contributed by atoms with Crippen LogP contribution in [-0.4, -0.2) is 41.5 Å². The first-order valence-electron chi connectivity index (χ1n) is 9.97. The van der Waals surface area contributed by atoms with E-state index in [1.54, 1.807) is 0 Å². The predicted octanol–water partition coefficient (Wildman–Crippen LogP) is 2.90. The molecular weight excluding hydrogens is 342 g/mol. The highest BCUT2D eigenvalue weighted by molar-refractivity contribution is 6.04. The lowest BCUT2D eigenvalue weighted by Gasteiger charge is -2.37. The van der Waals surface area contributed by atoms with Gasteiger partial charge in [-0.1, -0.05) is 31.5 Å². The number of rotatable bonds is 5. The second kappa shape index (κ2) is 6.43. The summed E-state index contributed by atoms with van der Waals surface area (Å²) in [4.78, 5) is 15.1. The normalized spacial score (nSPS) is 35.1. The lowest BCUT2D eigenvalue weighted by Crippen LogP contribution is -2.51. The van der Waals surface area contributed by atoms with Crippen molar-refractivity contribution in [1.82, 2.24) is 0 Å². The molecule has 1 aromatic carbocycles. The summed E-state index contributed by atoms with van der Waals surface area (Å²) in [6.45, 7) is 6.60. The Labute approximate surface area is 160 Å². The first-order valence-corrected chi connectivity index (χ1v) is 9.97. The Morgan fingerprint density at radius 1 is 1.33 bits per heavy atom. The van der Waals surface area contributed by atoms with E-state index < -0.39 is 23.3 Å². The molecule has 0 amide bonds. The maximum atomic E-state index is 13.1. The van der Waals surface area contributed by atoms with Crippen molar-refractivity contribution < 1.29 is 19.7 Å². The summed E-state index contributed by atoms with van der Waals surface area (Å²) in [6.07, 6.45) is 1.98. The van der Waals surface area contributed by atoms with Gasteiger partial charge in [0, 0.05) is 24.2 Å². The number of ketones is 1. The number of unbranched alkanes of at least 4 members (excludes halogenated alkanes) is 1. The third kappa shape index (κ3) is 2.52. The zero-order valence-corrected chi connectivity index (χ0v) is 16.4. The quantitative estimate of drug-likeness (QED) is 0.833. The van der Waals surface area contributed by atoms with E-state index in [4.69, 9.17) is 4.74 Å². The van der Waals surface area contributed by atoms with Crippen LogP contribution in [0.3, 0.4) is 0 Å². The van der Waals surface area contributed by atoms with Crippen molar-refractivity contribution in [3.05, 3.63) is 41.0 Å². The maximum absolute atomic E-state index is 13.1. The Morgan fingerprint density at radius 2 is 2.07 bits per heavy atom. The number of aliphatic hydroxyl groups excluding tert-OH is 1. The Kier molecular flexibility index (Phi) is 4.45. The third-order valence-electron chi connectivity index (χ3n) is 6.70. The summed E-state index contributed by atoms with van der Waals surface area (Å²) in [5, 5.41) is 22.3. The molecule has 4 atom stereocenters. The molecular formula is C22H29NO4. The number of hydrogen-bond acceptors (Lipinski definition) is 5. The van der Waals surface area contributed by atoms with E-state index in [0.717, 1.165) is 36.1 Å². The van der Waals surface area contributed by atoms with Crippen molar-refractivity contribution in [2.24, 2.45) is 5.41 Å². The van der Waals surface area contributed by atoms with Gasteiger partial charge in [0.2, 0.25) is 0 Å². The summed E-state index contributed by atoms with van der Waals surface area (Å²) in [5.41, 5.74) is 1.34. The molecule has 0 aromatic heterocycles. The fraction of sp³-hybridized carbons (Fsp3) is 0.591. The van der Waals surface area contributed by atoms with Crippen LogP contribution in [0.5, 0.6) is 0 Å². The number of Topliss-reactive ketones (excluding diaryl/α,β-unsaturated/α-hetero) is 1. The molecule has 27 heavy (non-hydrogen) atoms. The van der Waals surface area contributed by atoms with Crippen LogP contribution >= 0.6 is 0 Å². The monoisotopic (exact) mass is 371 g/mol. The summed E-state index contributed by atoms with van der Waals surface area (Å²) in [5.74, 6) is 0.00650. The van der Waals surface area contributed by atoms with E-state index in [-0.39, 0.29) is 5.78 Å². The van der Waals surface area contributed by atoms with Crippen LogP contribution in [0.1, 0.15) is 52.0 Å². The van der Waals surface area contributed by atoms with Crippen LogP contribution in [0.25, 0.3) is 0 Å². The molecule has 5 nitrogen and oxygen atoms in total. The third-order valence-corrected chi connectivity index (χ3v) is 6.70. The van der Waals surface area contributed by atoms with Crippen molar-refractivity contribution in [2.45, 2.75) is 64.4 Å². The minimum absolute atomic E-state index is 0.00650. The molecule has 146 valence electrons. The second-order valence-electron chi connectivity index (χ2n) is 8.45. The highest BCUT2D eigenvalue weighted by Crippen LogP contribution is 2.51. The minimum Gasteiger partial charge on any atom is -0.388 e. The molecule has 0 radical (unpaired) electrons. The maximum Gasteiger partial charge on any atom is 0.169 e. The van der Waals surface area contributed by atoms with Crippen LogP contribution in [0, 0.1) is 5.41 Å². The smallest absolute Gasteiger partial charge is 0.169 e. The average molecular weight is 371 g/mol. The molecule has 4 rings (SSSR count). The number of anilines is 1. The topological polar surface area (TPSA) is 70.0 Å². The summed E-state index contributed by atoms with van der Waals surface area (Å²) >= 11 is 0. The molecule has 1 aliphatic carbocycles. The van der Waals surface area contributed by atoms with Crippen molar-refractivity contribution in [3.63, 3.8) is 0 Å². The van der Waals surface area contributed by atoms with Gasteiger partial charge in [-0.15, -0.1) is 0 Å². The van der Waals surface area contributed by atoms with E-state index >= 15 is 0 Å². The molecule has 0 bridgehead atoms. The lowest BCUT2D eigenvalue weighted by molar-refractivity contribution is -0.126. The van der Waals surface area contributed by atoms with Gasteiger partial charge in [-0.25, -0.2) is 0 Å². The molecule has 2 aliphatic heterocycles. The number of allylic oxidation sites excluding steroid dienone is 1. The van der Waals surface area contributed by atoms with E-state index in [0.29, 0.717) is 25.1 Å². The zero-order valence-electron chi connectivity index (χ0n) is 16.4. The van der Waals surface area contributed by atoms with Crippen LogP contribution in [0.15, 0.2) is 35.4 Å². The van der Waals surface area contributed by atoms with E-state index in [1.807, 2.05) is 43.0 Å². The van der Waals surface area contributed by atoms with Crippen molar-refractivity contribution in [3.8, 4) is 0 Å². The number of ether oxygens (including phenoxy) is 1. The number of fused-ring (bicyclic) bond motifs is 3. The number of hydrogen-bond donors (Lipinski definition) is 2. The molecule has 1 fully saturated rings. The Bertz CT molecular complexity index is 803. The molecule has 3 aliphatic rings. The van der Waals surface area contributed by atoms with Crippen LogP contribution in [0.4, 0.5) is 5.69 Å². The SMILES string of the molecule is CCCCC1=C(C)C(=O)[C@@](C)(CN2c3ccccc3[C@]3(O)CCO[C@H]23)[C@H]1O. The van der Waals surface area contributed by atoms with Gasteiger partial charge in [0.05, 0.1) is 18.1 Å². The van der Waals surface area contributed by atoms with Gasteiger partial charge in [-0.3, -0.25) is 4.79 Å². The molecule has 0 saturated carbocycles. The van der Waals surface area contributed by atoms with Crippen LogP contribution in [-0.2, 0) is 15.1 Å². The van der Waals surface area contributed by atoms with Gasteiger partial charge >= 0.3 is 0 Å². The minimum atomic E-state index is -1.05. The zero-order chi connectivity index (χ0) is 19.4. The van der Waals surface area contributed by atoms with Gasteiger partial charge in [0.1, 0.15) is 5.60 Å². The Balaban J connectivity index is 1.67. The predicted molar refractivity (Wildman–Crippen MR) is 103 cm³/mol. The number of para-hydroxylation sites is 1. The summed E-state index contributed by atoms with van der Waals surface area (Å²) < 4.78 is 5.89. The molecule has 1 aromatic rings. The fourth-order valence-electron chi connectivity index (χ4n) is 5.08. The number of aliphatic hydroxyl groups is 2. The lowest BCUT2D eigenvalue weighted by atomic mass is 9.81. The molecule has 2 N–H and O–H groups in total. The number of carbonyl (C=O) groups is 1. The highest BCUT2D eigenvalue weighted by Gasteiger charge is 2.58. The van der Waals surface area contributed by atoms with Crippen LogP contribution < -0.4 is 4.90 Å². The first kappa shape index (κ1) is 18.7. The largest absolute Gasteiger partial charge is 0.388 e. The van der Waals surface area contributed by atoms with Crippen molar-refractivity contribution >= 4 is 11.5 Å². The number of benzene rings is 1.